The summed E-state index contributed by atoms with van der Waals surface area (Å²) < 4.78 is 6.33. The van der Waals surface area contributed by atoms with Gasteiger partial charge in [0, 0.05) is 12.3 Å². The predicted octanol–water partition coefficient (Wildman–Crippen LogP) is -2.89. The number of aliphatic hydroxyl groups excluding tert-OH is 2. The second-order valence-corrected chi connectivity index (χ2v) is 3.83. The molecule has 2 rings (SSSR count). The Labute approximate surface area is 95.3 Å². The molecule has 1 aliphatic heterocycles. The van der Waals surface area contributed by atoms with Crippen molar-refractivity contribution in [2.75, 3.05) is 6.61 Å². The SMILES string of the molecule is N[C@H]1[C@H](O)[C@@H](CO)O[C@H]1n1ccc(=O)[nH]c1=O. The van der Waals surface area contributed by atoms with Gasteiger partial charge < -0.3 is 20.7 Å². The summed E-state index contributed by atoms with van der Waals surface area (Å²) >= 11 is 0. The van der Waals surface area contributed by atoms with Gasteiger partial charge >= 0.3 is 5.69 Å². The minimum Gasteiger partial charge on any atom is -0.394 e. The summed E-state index contributed by atoms with van der Waals surface area (Å²) in [7, 11) is 0. The summed E-state index contributed by atoms with van der Waals surface area (Å²) in [6, 6.07) is 0.298. The molecule has 0 spiro atoms. The first-order chi connectivity index (χ1) is 8.04. The Kier molecular flexibility index (Phi) is 3.11. The summed E-state index contributed by atoms with van der Waals surface area (Å²) in [4.78, 5) is 24.5. The molecule has 4 atom stereocenters. The van der Waals surface area contributed by atoms with Crippen LogP contribution in [0.1, 0.15) is 6.23 Å². The van der Waals surface area contributed by atoms with Crippen LogP contribution in [0.5, 0.6) is 0 Å². The predicted molar refractivity (Wildman–Crippen MR) is 56.3 cm³/mol. The van der Waals surface area contributed by atoms with Gasteiger partial charge in [-0.2, -0.15) is 0 Å². The normalized spacial score (nSPS) is 32.9. The number of aromatic amines is 1. The number of nitrogens with two attached hydrogens (primary N) is 1. The van der Waals surface area contributed by atoms with E-state index < -0.39 is 42.3 Å². The van der Waals surface area contributed by atoms with Gasteiger partial charge in [0.05, 0.1) is 12.6 Å². The lowest BCUT2D eigenvalue weighted by Gasteiger charge is -2.17. The van der Waals surface area contributed by atoms with Crippen molar-refractivity contribution >= 4 is 0 Å². The van der Waals surface area contributed by atoms with Gasteiger partial charge in [0.25, 0.3) is 5.56 Å². The Bertz CT molecular complexity index is 510. The lowest BCUT2D eigenvalue weighted by atomic mass is 10.1. The number of aromatic nitrogens is 2. The monoisotopic (exact) mass is 243 g/mol. The van der Waals surface area contributed by atoms with Crippen molar-refractivity contribution in [3.63, 3.8) is 0 Å². The van der Waals surface area contributed by atoms with Crippen molar-refractivity contribution in [1.29, 1.82) is 0 Å². The summed E-state index contributed by atoms with van der Waals surface area (Å²) in [6.07, 6.45) is -1.58. The van der Waals surface area contributed by atoms with Crippen molar-refractivity contribution in [2.24, 2.45) is 5.73 Å². The summed E-state index contributed by atoms with van der Waals surface area (Å²) in [5, 5.41) is 18.6. The molecule has 94 valence electrons. The molecule has 1 aromatic rings. The molecule has 17 heavy (non-hydrogen) atoms. The van der Waals surface area contributed by atoms with E-state index in [1.54, 1.807) is 0 Å². The van der Waals surface area contributed by atoms with Crippen LogP contribution >= 0.6 is 0 Å². The van der Waals surface area contributed by atoms with Crippen LogP contribution in [0, 0.1) is 0 Å². The molecule has 8 heteroatoms. The van der Waals surface area contributed by atoms with Crippen molar-refractivity contribution < 1.29 is 14.9 Å². The molecule has 0 radical (unpaired) electrons. The smallest absolute Gasteiger partial charge is 0.330 e. The molecule has 5 N–H and O–H groups in total. The minimum absolute atomic E-state index is 0.399. The zero-order valence-corrected chi connectivity index (χ0v) is 8.81. The van der Waals surface area contributed by atoms with Crippen molar-refractivity contribution in [1.82, 2.24) is 9.55 Å². The number of H-pyrrole nitrogens is 1. The fourth-order valence-corrected chi connectivity index (χ4v) is 1.80. The molecule has 0 aromatic carbocycles. The largest absolute Gasteiger partial charge is 0.394 e. The molecule has 0 amide bonds. The molecule has 0 saturated carbocycles. The number of aliphatic hydroxyl groups is 2. The van der Waals surface area contributed by atoms with Crippen LogP contribution in [0.15, 0.2) is 21.9 Å². The standard InChI is InChI=1S/C9H13N3O5/c10-6-7(15)4(3-13)17-8(6)12-2-1-5(14)11-9(12)16/h1-2,4,6-8,13,15H,3,10H2,(H,11,14,16)/t4-,6+,7-,8-/m1/s1. The number of nitrogens with one attached hydrogen (secondary N) is 1. The molecule has 0 aliphatic carbocycles. The second kappa shape index (κ2) is 4.41. The van der Waals surface area contributed by atoms with Gasteiger partial charge in [-0.25, -0.2) is 4.79 Å². The number of hydrogen-bond donors (Lipinski definition) is 4. The van der Waals surface area contributed by atoms with Gasteiger partial charge in [-0.3, -0.25) is 14.3 Å². The lowest BCUT2D eigenvalue weighted by molar-refractivity contribution is -0.0465. The van der Waals surface area contributed by atoms with E-state index in [0.29, 0.717) is 0 Å². The van der Waals surface area contributed by atoms with E-state index in [4.69, 9.17) is 15.6 Å². The van der Waals surface area contributed by atoms with Gasteiger partial charge in [0.2, 0.25) is 0 Å². The van der Waals surface area contributed by atoms with Gasteiger partial charge in [-0.1, -0.05) is 0 Å². The number of rotatable bonds is 2. The first kappa shape index (κ1) is 12.0. The molecule has 1 aliphatic rings. The van der Waals surface area contributed by atoms with E-state index in [9.17, 15) is 14.7 Å². The molecule has 0 bridgehead atoms. The third-order valence-corrected chi connectivity index (χ3v) is 2.72. The molecular formula is C9H13N3O5. The average molecular weight is 243 g/mol. The van der Waals surface area contributed by atoms with Crippen molar-refractivity contribution in [2.45, 2.75) is 24.5 Å². The Morgan fingerprint density at radius 3 is 2.76 bits per heavy atom. The summed E-state index contributed by atoms with van der Waals surface area (Å²) in [5.41, 5.74) is 4.48. The number of nitrogens with zero attached hydrogens (tertiary/aromatic N) is 1. The van der Waals surface area contributed by atoms with Gasteiger partial charge in [0.15, 0.2) is 6.23 Å². The second-order valence-electron chi connectivity index (χ2n) is 3.83. The fourth-order valence-electron chi connectivity index (χ4n) is 1.80. The third kappa shape index (κ3) is 2.03. The molecule has 1 saturated heterocycles. The highest BCUT2D eigenvalue weighted by molar-refractivity contribution is 4.94. The summed E-state index contributed by atoms with van der Waals surface area (Å²) in [5.74, 6) is 0. The van der Waals surface area contributed by atoms with Gasteiger partial charge in [-0.05, 0) is 0 Å². The number of hydrogen-bond acceptors (Lipinski definition) is 6. The molecule has 1 aromatic heterocycles. The van der Waals surface area contributed by atoms with Crippen LogP contribution in [-0.4, -0.2) is 44.6 Å². The minimum atomic E-state index is -1.07. The average Bonchev–Trinajstić information content (AvgIpc) is 2.57. The summed E-state index contributed by atoms with van der Waals surface area (Å²) in [6.45, 7) is -0.399. The molecule has 0 unspecified atom stereocenters. The highest BCUT2D eigenvalue weighted by atomic mass is 16.5. The Morgan fingerprint density at radius 2 is 2.24 bits per heavy atom. The Morgan fingerprint density at radius 1 is 1.53 bits per heavy atom. The van der Waals surface area contributed by atoms with E-state index in [1.807, 2.05) is 0 Å². The molecule has 8 nitrogen and oxygen atoms in total. The van der Waals surface area contributed by atoms with Crippen LogP contribution in [0.3, 0.4) is 0 Å². The van der Waals surface area contributed by atoms with Crippen LogP contribution in [0.4, 0.5) is 0 Å². The maximum absolute atomic E-state index is 11.5. The van der Waals surface area contributed by atoms with Crippen molar-refractivity contribution in [3.05, 3.63) is 33.1 Å². The van der Waals surface area contributed by atoms with Crippen molar-refractivity contribution in [3.8, 4) is 0 Å². The van der Waals surface area contributed by atoms with E-state index in [1.165, 1.54) is 6.20 Å². The van der Waals surface area contributed by atoms with Crippen LogP contribution in [0.25, 0.3) is 0 Å². The van der Waals surface area contributed by atoms with Crippen LogP contribution in [0.2, 0.25) is 0 Å². The highest BCUT2D eigenvalue weighted by Gasteiger charge is 2.42. The topological polar surface area (TPSA) is 131 Å². The van der Waals surface area contributed by atoms with E-state index >= 15 is 0 Å². The van der Waals surface area contributed by atoms with Gasteiger partial charge in [-0.15, -0.1) is 0 Å². The quantitative estimate of drug-likeness (QED) is 0.441. The zero-order valence-electron chi connectivity index (χ0n) is 8.81. The highest BCUT2D eigenvalue weighted by Crippen LogP contribution is 2.26. The number of ether oxygens (including phenoxy) is 1. The maximum atomic E-state index is 11.5. The van der Waals surface area contributed by atoms with E-state index in [2.05, 4.69) is 4.98 Å². The third-order valence-electron chi connectivity index (χ3n) is 2.72. The zero-order chi connectivity index (χ0) is 12.6. The molecular weight excluding hydrogens is 230 g/mol. The molecule has 1 fully saturated rings. The lowest BCUT2D eigenvalue weighted by Crippen LogP contribution is -2.42. The fraction of sp³-hybridized carbons (Fsp3) is 0.556. The molecule has 2 heterocycles. The first-order valence-electron chi connectivity index (χ1n) is 5.06. The maximum Gasteiger partial charge on any atom is 0.330 e. The Hall–Kier alpha value is -1.48. The van der Waals surface area contributed by atoms with E-state index in [0.717, 1.165) is 10.6 Å². The first-order valence-corrected chi connectivity index (χ1v) is 5.06. The van der Waals surface area contributed by atoms with Crippen LogP contribution in [-0.2, 0) is 4.74 Å². The van der Waals surface area contributed by atoms with E-state index in [-0.39, 0.29) is 0 Å². The Balaban J connectivity index is 2.35. The van der Waals surface area contributed by atoms with Gasteiger partial charge in [0.1, 0.15) is 12.2 Å². The van der Waals surface area contributed by atoms with Crippen LogP contribution < -0.4 is 17.0 Å².